The maximum Gasteiger partial charge on any atom is 0.427 e. The Bertz CT molecular complexity index is 716. The molecule has 0 saturated carbocycles. The lowest BCUT2D eigenvalue weighted by molar-refractivity contribution is -0.131. The molecule has 0 aliphatic carbocycles. The fraction of sp³-hybridized carbons (Fsp3) is 0.0667. The van der Waals surface area contributed by atoms with Gasteiger partial charge in [-0.2, -0.15) is 4.79 Å². The molecule has 6 heteroatoms. The van der Waals surface area contributed by atoms with Crippen molar-refractivity contribution in [3.05, 3.63) is 69.2 Å². The van der Waals surface area contributed by atoms with Crippen molar-refractivity contribution in [3.63, 3.8) is 0 Å². The van der Waals surface area contributed by atoms with Crippen LogP contribution in [0.2, 0.25) is 10.0 Å². The number of hydrogen-bond donors (Lipinski definition) is 0. The average Bonchev–Trinajstić information content (AvgIpc) is 2.46. The van der Waals surface area contributed by atoms with Crippen LogP contribution in [0.25, 0.3) is 5.53 Å². The van der Waals surface area contributed by atoms with E-state index < -0.39 is 5.97 Å². The smallest absolute Gasteiger partial charge is 0.414 e. The molecule has 0 fully saturated rings. The molecule has 0 heterocycles. The lowest BCUT2D eigenvalue weighted by Crippen LogP contribution is -2.22. The first kappa shape index (κ1) is 15.3. The predicted octanol–water partition coefficient (Wildman–Crippen LogP) is 3.93. The summed E-state index contributed by atoms with van der Waals surface area (Å²) < 4.78 is 5.12. The number of rotatable bonds is 3. The van der Waals surface area contributed by atoms with Gasteiger partial charge >= 0.3 is 11.7 Å². The molecule has 0 radical (unpaired) electrons. The first-order valence-electron chi connectivity index (χ1n) is 5.98. The second kappa shape index (κ2) is 6.55. The number of carbonyl (C=O) groups excluding carboxylic acids is 1. The van der Waals surface area contributed by atoms with Gasteiger partial charge in [0.05, 0.1) is 15.6 Å². The molecule has 0 spiro atoms. The van der Waals surface area contributed by atoms with Gasteiger partial charge in [-0.15, -0.1) is 0 Å². The second-order valence-corrected chi connectivity index (χ2v) is 5.07. The molecule has 0 saturated heterocycles. The third-order valence-electron chi connectivity index (χ3n) is 2.73. The van der Waals surface area contributed by atoms with Gasteiger partial charge in [-0.25, -0.2) is 4.79 Å². The molecule has 21 heavy (non-hydrogen) atoms. The third kappa shape index (κ3) is 3.50. The van der Waals surface area contributed by atoms with Crippen LogP contribution in [-0.4, -0.2) is 16.5 Å². The molecule has 0 aliphatic heterocycles. The third-order valence-corrected chi connectivity index (χ3v) is 3.33. The van der Waals surface area contributed by atoms with Gasteiger partial charge in [0.25, 0.3) is 0 Å². The predicted molar refractivity (Wildman–Crippen MR) is 81.0 cm³/mol. The van der Waals surface area contributed by atoms with Crippen molar-refractivity contribution >= 4 is 34.9 Å². The highest BCUT2D eigenvalue weighted by molar-refractivity contribution is 6.42. The highest BCUT2D eigenvalue weighted by Gasteiger charge is 2.26. The monoisotopic (exact) mass is 320 g/mol. The number of halogens is 2. The van der Waals surface area contributed by atoms with Crippen molar-refractivity contribution in [2.75, 3.05) is 0 Å². The van der Waals surface area contributed by atoms with E-state index in [2.05, 4.69) is 4.79 Å². The molecule has 0 atom stereocenters. The van der Waals surface area contributed by atoms with E-state index in [0.717, 1.165) is 5.56 Å². The lowest BCUT2D eigenvalue weighted by atomic mass is 10.1. The molecule has 2 aromatic carbocycles. The number of carbonyl (C=O) groups is 1. The SMILES string of the molecule is Cc1ccc(C(=[N+]=[N-])C(=O)Oc2c(Cl)cccc2Cl)cc1. The van der Waals surface area contributed by atoms with Crippen molar-refractivity contribution in [1.29, 1.82) is 0 Å². The van der Waals surface area contributed by atoms with Crippen LogP contribution in [0.4, 0.5) is 0 Å². The summed E-state index contributed by atoms with van der Waals surface area (Å²) in [5, 5.41) is 0.383. The Morgan fingerprint density at radius 3 is 2.19 bits per heavy atom. The first-order valence-corrected chi connectivity index (χ1v) is 6.74. The van der Waals surface area contributed by atoms with Crippen LogP contribution in [0.3, 0.4) is 0 Å². The maximum absolute atomic E-state index is 12.1. The average molecular weight is 321 g/mol. The van der Waals surface area contributed by atoms with Gasteiger partial charge in [0.15, 0.2) is 5.75 Å². The summed E-state index contributed by atoms with van der Waals surface area (Å²) in [6.07, 6.45) is 0. The number of esters is 1. The van der Waals surface area contributed by atoms with Gasteiger partial charge in [-0.05, 0) is 31.2 Å². The number of ether oxygens (including phenoxy) is 1. The van der Waals surface area contributed by atoms with Crippen LogP contribution in [0.15, 0.2) is 42.5 Å². The molecule has 2 rings (SSSR count). The minimum atomic E-state index is -0.851. The fourth-order valence-electron chi connectivity index (χ4n) is 1.65. The molecule has 2 aromatic rings. The summed E-state index contributed by atoms with van der Waals surface area (Å²) >= 11 is 11.8. The molecular weight excluding hydrogens is 311 g/mol. The zero-order valence-corrected chi connectivity index (χ0v) is 12.5. The van der Waals surface area contributed by atoms with E-state index in [0.29, 0.717) is 5.56 Å². The molecule has 0 amide bonds. The normalized spacial score (nSPS) is 9.86. The van der Waals surface area contributed by atoms with Crippen LogP contribution in [0.1, 0.15) is 11.1 Å². The van der Waals surface area contributed by atoms with E-state index in [1.165, 1.54) is 12.1 Å². The summed E-state index contributed by atoms with van der Waals surface area (Å²) in [6.45, 7) is 1.90. The minimum Gasteiger partial charge on any atom is -0.414 e. The zero-order valence-electron chi connectivity index (χ0n) is 11.0. The van der Waals surface area contributed by atoms with Crippen LogP contribution in [0.5, 0.6) is 5.75 Å². The van der Waals surface area contributed by atoms with E-state index in [-0.39, 0.29) is 21.5 Å². The van der Waals surface area contributed by atoms with E-state index >= 15 is 0 Å². The van der Waals surface area contributed by atoms with E-state index in [9.17, 15) is 4.79 Å². The number of benzene rings is 2. The second-order valence-electron chi connectivity index (χ2n) is 4.25. The van der Waals surface area contributed by atoms with Crippen molar-refractivity contribution in [1.82, 2.24) is 0 Å². The van der Waals surface area contributed by atoms with E-state index in [1.807, 2.05) is 6.92 Å². The molecule has 0 bridgehead atoms. The Morgan fingerprint density at radius 1 is 1.10 bits per heavy atom. The Kier molecular flexibility index (Phi) is 4.76. The van der Waals surface area contributed by atoms with Crippen molar-refractivity contribution in [3.8, 4) is 5.75 Å². The topological polar surface area (TPSA) is 62.7 Å². The number of para-hydroxylation sites is 1. The van der Waals surface area contributed by atoms with Crippen LogP contribution >= 0.6 is 23.2 Å². The Labute approximate surface area is 131 Å². The van der Waals surface area contributed by atoms with Gasteiger partial charge in [-0.3, -0.25) is 0 Å². The van der Waals surface area contributed by atoms with Crippen LogP contribution in [-0.2, 0) is 4.79 Å². The first-order chi connectivity index (χ1) is 10.0. The number of hydrogen-bond acceptors (Lipinski definition) is 2. The summed E-state index contributed by atoms with van der Waals surface area (Å²) in [5.41, 5.74) is 10.3. The molecule has 0 aromatic heterocycles. The molecular formula is C15H10Cl2N2O2. The summed E-state index contributed by atoms with van der Waals surface area (Å²) in [5.74, 6) is -0.824. The number of aryl methyl sites for hydroxylation is 1. The molecule has 0 aliphatic rings. The molecule has 4 nitrogen and oxygen atoms in total. The minimum absolute atomic E-state index is 0.0269. The zero-order chi connectivity index (χ0) is 15.4. The standard InChI is InChI=1S/C15H10Cl2N2O2/c1-9-5-7-10(8-6-9)13(19-18)15(20)21-14-11(16)3-2-4-12(14)17/h2-8H,1H3. The fourth-order valence-corrected chi connectivity index (χ4v) is 2.12. The Hall–Kier alpha value is -2.13. The van der Waals surface area contributed by atoms with Gasteiger partial charge in [0.2, 0.25) is 0 Å². The largest absolute Gasteiger partial charge is 0.427 e. The van der Waals surface area contributed by atoms with Crippen LogP contribution < -0.4 is 4.74 Å². The molecule has 0 N–H and O–H groups in total. The number of nitrogens with zero attached hydrogens (tertiary/aromatic N) is 2. The van der Waals surface area contributed by atoms with Crippen molar-refractivity contribution in [2.45, 2.75) is 6.92 Å². The summed E-state index contributed by atoms with van der Waals surface area (Å²) in [4.78, 5) is 15.1. The van der Waals surface area contributed by atoms with Gasteiger partial charge in [0.1, 0.15) is 0 Å². The Morgan fingerprint density at radius 2 is 1.67 bits per heavy atom. The summed E-state index contributed by atoms with van der Waals surface area (Å²) in [6, 6.07) is 11.6. The lowest BCUT2D eigenvalue weighted by Gasteiger charge is -2.05. The van der Waals surface area contributed by atoms with Crippen LogP contribution in [0, 0.1) is 6.92 Å². The van der Waals surface area contributed by atoms with Gasteiger partial charge in [-0.1, -0.05) is 47.0 Å². The maximum atomic E-state index is 12.1. The summed E-state index contributed by atoms with van der Waals surface area (Å²) in [7, 11) is 0. The quantitative estimate of drug-likeness (QED) is 0.283. The van der Waals surface area contributed by atoms with Crippen molar-refractivity contribution < 1.29 is 14.3 Å². The van der Waals surface area contributed by atoms with Gasteiger partial charge in [0, 0.05) is 0 Å². The highest BCUT2D eigenvalue weighted by Crippen LogP contribution is 2.32. The molecule has 0 unspecified atom stereocenters. The molecule has 106 valence electrons. The van der Waals surface area contributed by atoms with E-state index in [4.69, 9.17) is 33.5 Å². The van der Waals surface area contributed by atoms with E-state index in [1.54, 1.807) is 30.3 Å². The van der Waals surface area contributed by atoms with Gasteiger partial charge < -0.3 is 10.3 Å². The highest BCUT2D eigenvalue weighted by atomic mass is 35.5. The Balaban J connectivity index is 2.30. The van der Waals surface area contributed by atoms with Crippen molar-refractivity contribution in [2.24, 2.45) is 0 Å².